The summed E-state index contributed by atoms with van der Waals surface area (Å²) in [5.41, 5.74) is -1.42. The Kier molecular flexibility index (Phi) is 4.44. The standard InChI is InChI=1S/C15H17F3O3/c1-9-2-5-11(6-3-9)21-13-7-4-10(14(19)20)8-12(13)15(16,17)18/h4,7-9,11H,2-3,5-6H2,1H3,(H,19,20). The molecule has 116 valence electrons. The van der Waals surface area contributed by atoms with E-state index >= 15 is 0 Å². The largest absolute Gasteiger partial charge is 0.490 e. The highest BCUT2D eigenvalue weighted by molar-refractivity contribution is 5.88. The molecule has 6 heteroatoms. The van der Waals surface area contributed by atoms with Crippen molar-refractivity contribution < 1.29 is 27.8 Å². The summed E-state index contributed by atoms with van der Waals surface area (Å²) in [6, 6.07) is 2.87. The van der Waals surface area contributed by atoms with E-state index in [9.17, 15) is 18.0 Å². The van der Waals surface area contributed by atoms with Crippen molar-refractivity contribution in [1.29, 1.82) is 0 Å². The summed E-state index contributed by atoms with van der Waals surface area (Å²) in [5.74, 6) is -1.10. The van der Waals surface area contributed by atoms with Crippen LogP contribution in [0.25, 0.3) is 0 Å². The molecule has 0 heterocycles. The van der Waals surface area contributed by atoms with E-state index in [0.29, 0.717) is 12.0 Å². The topological polar surface area (TPSA) is 46.5 Å². The Morgan fingerprint density at radius 3 is 2.38 bits per heavy atom. The van der Waals surface area contributed by atoms with Gasteiger partial charge in [-0.15, -0.1) is 0 Å². The number of carbonyl (C=O) groups is 1. The Bertz CT molecular complexity index is 517. The Labute approximate surface area is 120 Å². The van der Waals surface area contributed by atoms with Gasteiger partial charge in [0.15, 0.2) is 0 Å². The third-order valence-corrected chi connectivity index (χ3v) is 3.79. The van der Waals surface area contributed by atoms with Crippen molar-refractivity contribution in [2.75, 3.05) is 0 Å². The second-order valence-electron chi connectivity index (χ2n) is 5.51. The SMILES string of the molecule is CC1CCC(Oc2ccc(C(=O)O)cc2C(F)(F)F)CC1. The smallest absolute Gasteiger partial charge is 0.419 e. The van der Waals surface area contributed by atoms with Crippen molar-refractivity contribution in [3.8, 4) is 5.75 Å². The highest BCUT2D eigenvalue weighted by atomic mass is 19.4. The molecule has 0 amide bonds. The number of carboxylic acids is 1. The van der Waals surface area contributed by atoms with Gasteiger partial charge in [-0.3, -0.25) is 0 Å². The monoisotopic (exact) mass is 302 g/mol. The third-order valence-electron chi connectivity index (χ3n) is 3.79. The van der Waals surface area contributed by atoms with Gasteiger partial charge in [-0.2, -0.15) is 13.2 Å². The van der Waals surface area contributed by atoms with E-state index in [1.807, 2.05) is 0 Å². The minimum absolute atomic E-state index is 0.238. The van der Waals surface area contributed by atoms with Crippen LogP contribution in [0, 0.1) is 5.92 Å². The highest BCUT2D eigenvalue weighted by Gasteiger charge is 2.36. The van der Waals surface area contributed by atoms with Crippen molar-refractivity contribution in [3.63, 3.8) is 0 Å². The van der Waals surface area contributed by atoms with Crippen LogP contribution in [-0.2, 0) is 6.18 Å². The van der Waals surface area contributed by atoms with Gasteiger partial charge in [-0.1, -0.05) is 6.92 Å². The van der Waals surface area contributed by atoms with Gasteiger partial charge in [0.2, 0.25) is 0 Å². The lowest BCUT2D eigenvalue weighted by atomic mass is 9.89. The van der Waals surface area contributed by atoms with Gasteiger partial charge < -0.3 is 9.84 Å². The summed E-state index contributed by atoms with van der Waals surface area (Å²) in [4.78, 5) is 10.8. The summed E-state index contributed by atoms with van der Waals surface area (Å²) in [6.07, 6.45) is -1.57. The number of rotatable bonds is 3. The summed E-state index contributed by atoms with van der Waals surface area (Å²) >= 11 is 0. The maximum atomic E-state index is 13.0. The van der Waals surface area contributed by atoms with Gasteiger partial charge in [0.05, 0.1) is 17.2 Å². The maximum Gasteiger partial charge on any atom is 0.419 e. The lowest BCUT2D eigenvalue weighted by molar-refractivity contribution is -0.139. The second kappa shape index (κ2) is 5.95. The van der Waals surface area contributed by atoms with Gasteiger partial charge in [-0.25, -0.2) is 4.79 Å². The third kappa shape index (κ3) is 3.89. The van der Waals surface area contributed by atoms with Crippen LogP contribution in [0.4, 0.5) is 13.2 Å². The van der Waals surface area contributed by atoms with Crippen LogP contribution in [-0.4, -0.2) is 17.2 Å². The molecule has 1 saturated carbocycles. The molecule has 1 aliphatic carbocycles. The van der Waals surface area contributed by atoms with Crippen molar-refractivity contribution in [2.24, 2.45) is 5.92 Å². The number of benzene rings is 1. The fourth-order valence-corrected chi connectivity index (χ4v) is 2.51. The molecular formula is C15H17F3O3. The van der Waals surface area contributed by atoms with Crippen molar-refractivity contribution >= 4 is 5.97 Å². The molecule has 1 aromatic rings. The predicted octanol–water partition coefficient (Wildman–Crippen LogP) is 4.36. The molecule has 0 aliphatic heterocycles. The van der Waals surface area contributed by atoms with Crippen molar-refractivity contribution in [2.45, 2.75) is 44.9 Å². The number of ether oxygens (including phenoxy) is 1. The highest BCUT2D eigenvalue weighted by Crippen LogP contribution is 2.38. The number of carboxylic acid groups (broad SMARTS) is 1. The molecule has 1 N–H and O–H groups in total. The zero-order chi connectivity index (χ0) is 15.6. The lowest BCUT2D eigenvalue weighted by Gasteiger charge is -2.28. The fraction of sp³-hybridized carbons (Fsp3) is 0.533. The molecular weight excluding hydrogens is 285 g/mol. The number of aromatic carboxylic acids is 1. The van der Waals surface area contributed by atoms with Crippen molar-refractivity contribution in [3.05, 3.63) is 29.3 Å². The number of alkyl halides is 3. The number of hydrogen-bond donors (Lipinski definition) is 1. The normalized spacial score (nSPS) is 22.9. The van der Waals surface area contributed by atoms with E-state index in [1.165, 1.54) is 0 Å². The van der Waals surface area contributed by atoms with Crippen molar-refractivity contribution in [1.82, 2.24) is 0 Å². The van der Waals surface area contributed by atoms with Gasteiger partial charge in [-0.05, 0) is 49.8 Å². The Hall–Kier alpha value is -1.72. The molecule has 1 fully saturated rings. The zero-order valence-corrected chi connectivity index (χ0v) is 11.6. The minimum atomic E-state index is -4.64. The maximum absolute atomic E-state index is 13.0. The first-order valence-electron chi connectivity index (χ1n) is 6.88. The van der Waals surface area contributed by atoms with E-state index in [-0.39, 0.29) is 11.9 Å². The van der Waals surface area contributed by atoms with Crippen LogP contribution in [0.15, 0.2) is 18.2 Å². The summed E-state index contributed by atoms with van der Waals surface area (Å²) in [5, 5.41) is 8.81. The molecule has 0 bridgehead atoms. The van der Waals surface area contributed by atoms with E-state index < -0.39 is 23.3 Å². The molecule has 0 aromatic heterocycles. The van der Waals surface area contributed by atoms with E-state index in [4.69, 9.17) is 9.84 Å². The molecule has 0 unspecified atom stereocenters. The molecule has 2 rings (SSSR count). The molecule has 1 aliphatic rings. The summed E-state index contributed by atoms with van der Waals surface area (Å²) in [7, 11) is 0. The van der Waals surface area contributed by atoms with Crippen LogP contribution in [0.2, 0.25) is 0 Å². The van der Waals surface area contributed by atoms with Gasteiger partial charge in [0.25, 0.3) is 0 Å². The van der Waals surface area contributed by atoms with Gasteiger partial charge >= 0.3 is 12.1 Å². The van der Waals surface area contributed by atoms with E-state index in [1.54, 1.807) is 0 Å². The zero-order valence-electron chi connectivity index (χ0n) is 11.6. The molecule has 1 aromatic carbocycles. The average molecular weight is 302 g/mol. The second-order valence-corrected chi connectivity index (χ2v) is 5.51. The molecule has 0 saturated heterocycles. The Morgan fingerprint density at radius 1 is 1.24 bits per heavy atom. The van der Waals surface area contributed by atoms with Gasteiger partial charge in [0, 0.05) is 0 Å². The first kappa shape index (κ1) is 15.7. The number of halogens is 3. The first-order chi connectivity index (χ1) is 9.77. The molecule has 3 nitrogen and oxygen atoms in total. The van der Waals surface area contributed by atoms with Crippen LogP contribution in [0.1, 0.15) is 48.5 Å². The van der Waals surface area contributed by atoms with Gasteiger partial charge in [0.1, 0.15) is 5.75 Å². The summed E-state index contributed by atoms with van der Waals surface area (Å²) in [6.45, 7) is 2.11. The minimum Gasteiger partial charge on any atom is -0.490 e. The quantitative estimate of drug-likeness (QED) is 0.902. The van der Waals surface area contributed by atoms with Crippen LogP contribution >= 0.6 is 0 Å². The first-order valence-corrected chi connectivity index (χ1v) is 6.88. The van der Waals surface area contributed by atoms with Crippen LogP contribution in [0.3, 0.4) is 0 Å². The molecule has 0 spiro atoms. The molecule has 0 atom stereocenters. The Morgan fingerprint density at radius 2 is 1.86 bits per heavy atom. The molecule has 21 heavy (non-hydrogen) atoms. The van der Waals surface area contributed by atoms with E-state index in [2.05, 4.69) is 6.92 Å². The van der Waals surface area contributed by atoms with E-state index in [0.717, 1.165) is 37.8 Å². The predicted molar refractivity (Wildman–Crippen MR) is 70.5 cm³/mol. The Balaban J connectivity index is 2.24. The van der Waals surface area contributed by atoms with Crippen LogP contribution in [0.5, 0.6) is 5.75 Å². The fourth-order valence-electron chi connectivity index (χ4n) is 2.51. The number of hydrogen-bond acceptors (Lipinski definition) is 2. The summed E-state index contributed by atoms with van der Waals surface area (Å²) < 4.78 is 44.6. The lowest BCUT2D eigenvalue weighted by Crippen LogP contribution is -2.24. The van der Waals surface area contributed by atoms with Crippen LogP contribution < -0.4 is 4.74 Å². The molecule has 0 radical (unpaired) electrons. The average Bonchev–Trinajstić information content (AvgIpc) is 2.40.